The lowest BCUT2D eigenvalue weighted by Crippen LogP contribution is -2.53. The Morgan fingerprint density at radius 2 is 1.95 bits per heavy atom. The second-order valence-electron chi connectivity index (χ2n) is 11.2. The molecule has 10 nitrogen and oxygen atoms in total. The van der Waals surface area contributed by atoms with E-state index < -0.39 is 18.0 Å². The molecule has 3 aliphatic heterocycles. The van der Waals surface area contributed by atoms with Gasteiger partial charge in [0.1, 0.15) is 6.04 Å². The minimum Gasteiger partial charge on any atom is -0.356 e. The van der Waals surface area contributed by atoms with Crippen LogP contribution in [0.2, 0.25) is 0 Å². The van der Waals surface area contributed by atoms with E-state index in [-0.39, 0.29) is 60.4 Å². The van der Waals surface area contributed by atoms with Crippen LogP contribution in [0.25, 0.3) is 10.2 Å². The zero-order valence-corrected chi connectivity index (χ0v) is 23.1. The first-order chi connectivity index (χ1) is 18.8. The van der Waals surface area contributed by atoms with E-state index >= 15 is 0 Å². The molecule has 0 radical (unpaired) electrons. The van der Waals surface area contributed by atoms with Gasteiger partial charge in [0.05, 0.1) is 29.5 Å². The van der Waals surface area contributed by atoms with Crippen molar-refractivity contribution in [2.24, 2.45) is 23.7 Å². The monoisotopic (exact) mass is 556 g/mol. The molecule has 3 fully saturated rings. The van der Waals surface area contributed by atoms with Crippen LogP contribution in [0, 0.1) is 23.7 Å². The summed E-state index contributed by atoms with van der Waals surface area (Å²) in [6.45, 7) is 5.60. The van der Waals surface area contributed by atoms with E-state index in [2.05, 4.69) is 20.9 Å². The molecule has 3 N–H and O–H groups in total. The van der Waals surface area contributed by atoms with Crippen LogP contribution in [-0.4, -0.2) is 66.6 Å². The number of hydrogen-bond donors (Lipinski definition) is 3. The number of carbonyl (C=O) groups is 4. The molecule has 1 aromatic carbocycles. The number of para-hydroxylation sites is 1. The highest BCUT2D eigenvalue weighted by atomic mass is 32.1. The van der Waals surface area contributed by atoms with Crippen LogP contribution >= 0.6 is 11.3 Å². The summed E-state index contributed by atoms with van der Waals surface area (Å²) in [5.74, 6) is -1.10. The number of carbonyl (C=O) groups excluding carboxylic acids is 4. The molecule has 0 aliphatic carbocycles. The molecule has 3 unspecified atom stereocenters. The lowest BCUT2D eigenvalue weighted by molar-refractivity contribution is -0.130. The van der Waals surface area contributed by atoms with Gasteiger partial charge >= 0.3 is 0 Å². The number of benzene rings is 1. The van der Waals surface area contributed by atoms with Crippen molar-refractivity contribution in [3.63, 3.8) is 0 Å². The smallest absolute Gasteiger partial charge is 0.243 e. The zero-order chi connectivity index (χ0) is 27.5. The van der Waals surface area contributed by atoms with E-state index in [1.165, 1.54) is 11.3 Å². The summed E-state index contributed by atoms with van der Waals surface area (Å²) in [7, 11) is 0. The Balaban J connectivity index is 1.29. The third-order valence-corrected chi connectivity index (χ3v) is 8.84. The molecule has 3 saturated heterocycles. The van der Waals surface area contributed by atoms with Gasteiger partial charge in [-0.3, -0.25) is 19.2 Å². The van der Waals surface area contributed by atoms with Crippen molar-refractivity contribution in [1.29, 1.82) is 0 Å². The molecule has 5 rings (SSSR count). The Hall–Kier alpha value is -2.89. The van der Waals surface area contributed by atoms with Crippen LogP contribution in [-0.2, 0) is 23.9 Å². The zero-order valence-electron chi connectivity index (χ0n) is 22.3. The normalized spacial score (nSPS) is 25.9. The predicted molar refractivity (Wildman–Crippen MR) is 145 cm³/mol. The van der Waals surface area contributed by atoms with Gasteiger partial charge in [0.2, 0.25) is 23.5 Å². The van der Waals surface area contributed by atoms with Crippen LogP contribution in [0.4, 0.5) is 0 Å². The summed E-state index contributed by atoms with van der Waals surface area (Å²) in [4.78, 5) is 57.1. The van der Waals surface area contributed by atoms with Gasteiger partial charge in [-0.25, -0.2) is 4.98 Å². The Morgan fingerprint density at radius 3 is 2.69 bits per heavy atom. The second-order valence-corrected chi connectivity index (χ2v) is 12.2. The Labute approximate surface area is 231 Å². The fourth-order valence-corrected chi connectivity index (χ4v) is 6.70. The molecule has 210 valence electrons. The van der Waals surface area contributed by atoms with Crippen molar-refractivity contribution in [3.8, 4) is 0 Å². The number of hydrogen-bond acceptors (Lipinski definition) is 8. The van der Waals surface area contributed by atoms with Gasteiger partial charge in [-0.2, -0.15) is 0 Å². The van der Waals surface area contributed by atoms with E-state index in [4.69, 9.17) is 9.47 Å². The van der Waals surface area contributed by atoms with Crippen LogP contribution in [0.5, 0.6) is 0 Å². The van der Waals surface area contributed by atoms with Gasteiger partial charge in [-0.15, -0.1) is 11.3 Å². The van der Waals surface area contributed by atoms with Gasteiger partial charge in [-0.05, 0) is 49.7 Å². The SMILES string of the molecule is CC(C)C[C@H](NC(=O)CC1COC2OCCC12)C(=O)N[C@@H](C[C@@H]1CCNC1=O)C(=O)c1nc2ccccc2s1. The minimum absolute atomic E-state index is 0.0505. The Morgan fingerprint density at radius 1 is 1.13 bits per heavy atom. The molecule has 3 amide bonds. The summed E-state index contributed by atoms with van der Waals surface area (Å²) in [6, 6.07) is 5.73. The average molecular weight is 557 g/mol. The lowest BCUT2D eigenvalue weighted by atomic mass is 9.90. The van der Waals surface area contributed by atoms with E-state index in [0.717, 1.165) is 11.1 Å². The average Bonchev–Trinajstić information content (AvgIpc) is 3.68. The quantitative estimate of drug-likeness (QED) is 0.362. The van der Waals surface area contributed by atoms with Crippen LogP contribution in [0.15, 0.2) is 24.3 Å². The number of ketones is 1. The number of amides is 3. The molecular formula is C28H36N4O6S. The summed E-state index contributed by atoms with van der Waals surface area (Å²) in [5.41, 5.74) is 0.713. The summed E-state index contributed by atoms with van der Waals surface area (Å²) in [6.07, 6.45) is 2.07. The van der Waals surface area contributed by atoms with Gasteiger partial charge in [0, 0.05) is 24.8 Å². The first-order valence-electron chi connectivity index (χ1n) is 13.8. The second kappa shape index (κ2) is 12.1. The Kier molecular flexibility index (Phi) is 8.58. The van der Waals surface area contributed by atoms with Crippen molar-refractivity contribution < 1.29 is 28.7 Å². The van der Waals surface area contributed by atoms with Gasteiger partial charge in [0.25, 0.3) is 0 Å². The number of thiazole rings is 1. The van der Waals surface area contributed by atoms with E-state index in [1.54, 1.807) is 0 Å². The predicted octanol–water partition coefficient (Wildman–Crippen LogP) is 2.42. The molecule has 39 heavy (non-hydrogen) atoms. The maximum Gasteiger partial charge on any atom is 0.243 e. The number of aromatic nitrogens is 1. The van der Waals surface area contributed by atoms with Crippen molar-refractivity contribution in [1.82, 2.24) is 20.9 Å². The maximum absolute atomic E-state index is 13.6. The molecule has 11 heteroatoms. The molecule has 4 heterocycles. The summed E-state index contributed by atoms with van der Waals surface area (Å²) >= 11 is 1.27. The fourth-order valence-electron chi connectivity index (χ4n) is 5.74. The first-order valence-corrected chi connectivity index (χ1v) is 14.6. The van der Waals surface area contributed by atoms with E-state index in [9.17, 15) is 19.2 Å². The molecule has 0 saturated carbocycles. The number of Topliss-reactive ketones (excluding diaryl/α,β-unsaturated/α-hetero) is 1. The van der Waals surface area contributed by atoms with Crippen LogP contribution < -0.4 is 16.0 Å². The molecule has 0 spiro atoms. The summed E-state index contributed by atoms with van der Waals surface area (Å²) in [5, 5.41) is 8.89. The highest BCUT2D eigenvalue weighted by molar-refractivity contribution is 7.20. The van der Waals surface area contributed by atoms with Crippen molar-refractivity contribution >= 4 is 45.1 Å². The number of nitrogens with zero attached hydrogens (tertiary/aromatic N) is 1. The van der Waals surface area contributed by atoms with Crippen LogP contribution in [0.3, 0.4) is 0 Å². The molecule has 3 aliphatic rings. The lowest BCUT2D eigenvalue weighted by Gasteiger charge is -2.25. The van der Waals surface area contributed by atoms with Gasteiger partial charge < -0.3 is 25.4 Å². The summed E-state index contributed by atoms with van der Waals surface area (Å²) < 4.78 is 12.1. The van der Waals surface area contributed by atoms with E-state index in [0.29, 0.717) is 43.1 Å². The van der Waals surface area contributed by atoms with Crippen molar-refractivity contribution in [2.75, 3.05) is 19.8 Å². The number of ether oxygens (including phenoxy) is 2. The molecule has 1 aromatic heterocycles. The number of nitrogens with one attached hydrogen (secondary N) is 3. The highest BCUT2D eigenvalue weighted by Crippen LogP contribution is 2.37. The molecule has 6 atom stereocenters. The van der Waals surface area contributed by atoms with Gasteiger partial charge in [0.15, 0.2) is 11.3 Å². The number of fused-ring (bicyclic) bond motifs is 2. The van der Waals surface area contributed by atoms with Crippen molar-refractivity contribution in [2.45, 2.75) is 64.3 Å². The van der Waals surface area contributed by atoms with Gasteiger partial charge in [-0.1, -0.05) is 26.0 Å². The number of rotatable bonds is 11. The van der Waals surface area contributed by atoms with Crippen molar-refractivity contribution in [3.05, 3.63) is 29.3 Å². The third kappa shape index (κ3) is 6.47. The topological polar surface area (TPSA) is 136 Å². The first kappa shape index (κ1) is 27.7. The molecule has 2 aromatic rings. The Bertz CT molecular complexity index is 1200. The standard InChI is InChI=1S/C28H36N4O6S/c1-15(2)11-21(30-23(33)13-17-14-38-28-18(17)8-10-37-28)26(36)31-20(12-16-7-9-29-25(16)35)24(34)27-32-19-5-3-4-6-22(19)39-27/h3-6,15-18,20-21,28H,7-14H2,1-2H3,(H,29,35)(H,30,33)(H,31,36)/t16-,17?,18?,20-,21-,28?/m0/s1. The third-order valence-electron chi connectivity index (χ3n) is 7.79. The maximum atomic E-state index is 13.6. The van der Waals surface area contributed by atoms with Crippen LogP contribution in [0.1, 0.15) is 55.8 Å². The largest absolute Gasteiger partial charge is 0.356 e. The molecular weight excluding hydrogens is 520 g/mol. The fraction of sp³-hybridized carbons (Fsp3) is 0.607. The highest BCUT2D eigenvalue weighted by Gasteiger charge is 2.42. The minimum atomic E-state index is -0.932. The van der Waals surface area contributed by atoms with E-state index in [1.807, 2.05) is 38.1 Å². The molecule has 0 bridgehead atoms.